The minimum atomic E-state index is -1.13. The zero-order valence-electron chi connectivity index (χ0n) is 14.5. The van der Waals surface area contributed by atoms with E-state index in [4.69, 9.17) is 9.47 Å². The molecule has 0 atom stereocenters. The molecule has 0 amide bonds. The minimum Gasteiger partial charge on any atom is -0.465 e. The number of carbonyl (C=O) groups is 2. The van der Waals surface area contributed by atoms with E-state index in [0.717, 1.165) is 12.8 Å². The van der Waals surface area contributed by atoms with E-state index in [1.165, 1.54) is 0 Å². The van der Waals surface area contributed by atoms with Crippen LogP contribution in [0.15, 0.2) is 0 Å². The number of carbonyl (C=O) groups excluding carboxylic acids is 2. The standard InChI is InChI=1S/C17H32O4/c1-7-9-17(10-8-2,15(18)20-11-13(3)4)16(19)21-12-14(5)6/h13-14H,7-12H2,1-6H3. The Hall–Kier alpha value is -1.06. The van der Waals surface area contributed by atoms with Crippen LogP contribution >= 0.6 is 0 Å². The maximum absolute atomic E-state index is 12.5. The van der Waals surface area contributed by atoms with Gasteiger partial charge in [0.25, 0.3) is 0 Å². The van der Waals surface area contributed by atoms with Crippen molar-refractivity contribution >= 4 is 11.9 Å². The van der Waals surface area contributed by atoms with Gasteiger partial charge in [0.1, 0.15) is 0 Å². The van der Waals surface area contributed by atoms with Gasteiger partial charge >= 0.3 is 11.9 Å². The van der Waals surface area contributed by atoms with Crippen LogP contribution in [0.4, 0.5) is 0 Å². The van der Waals surface area contributed by atoms with E-state index in [-0.39, 0.29) is 11.8 Å². The smallest absolute Gasteiger partial charge is 0.323 e. The predicted molar refractivity (Wildman–Crippen MR) is 83.8 cm³/mol. The monoisotopic (exact) mass is 300 g/mol. The normalized spacial score (nSPS) is 11.8. The third-order valence-electron chi connectivity index (χ3n) is 3.23. The van der Waals surface area contributed by atoms with Crippen molar-refractivity contribution < 1.29 is 19.1 Å². The topological polar surface area (TPSA) is 52.6 Å². The molecule has 0 heterocycles. The van der Waals surface area contributed by atoms with Gasteiger partial charge in [-0.25, -0.2) is 0 Å². The van der Waals surface area contributed by atoms with E-state index >= 15 is 0 Å². The summed E-state index contributed by atoms with van der Waals surface area (Å²) in [5, 5.41) is 0. The summed E-state index contributed by atoms with van der Waals surface area (Å²) in [6, 6.07) is 0. The first-order chi connectivity index (χ1) is 9.80. The van der Waals surface area contributed by atoms with Crippen molar-refractivity contribution in [1.29, 1.82) is 0 Å². The second-order valence-electron chi connectivity index (χ2n) is 6.57. The largest absolute Gasteiger partial charge is 0.465 e. The summed E-state index contributed by atoms with van der Waals surface area (Å²) in [5.41, 5.74) is -1.13. The molecule has 0 radical (unpaired) electrons. The average molecular weight is 300 g/mol. The van der Waals surface area contributed by atoms with E-state index in [1.807, 2.05) is 41.5 Å². The Bertz CT molecular complexity index is 289. The van der Waals surface area contributed by atoms with Crippen molar-refractivity contribution in [2.24, 2.45) is 17.3 Å². The van der Waals surface area contributed by atoms with Gasteiger partial charge < -0.3 is 9.47 Å². The molecule has 0 N–H and O–H groups in total. The summed E-state index contributed by atoms with van der Waals surface area (Å²) in [4.78, 5) is 25.0. The van der Waals surface area contributed by atoms with Crippen molar-refractivity contribution in [3.8, 4) is 0 Å². The molecular weight excluding hydrogens is 268 g/mol. The third kappa shape index (κ3) is 6.49. The first-order valence-corrected chi connectivity index (χ1v) is 8.14. The minimum absolute atomic E-state index is 0.251. The molecule has 0 bridgehead atoms. The van der Waals surface area contributed by atoms with Gasteiger partial charge in [-0.1, -0.05) is 54.4 Å². The second kappa shape index (κ2) is 9.80. The zero-order chi connectivity index (χ0) is 16.5. The highest BCUT2D eigenvalue weighted by atomic mass is 16.6. The first-order valence-electron chi connectivity index (χ1n) is 8.14. The Kier molecular flexibility index (Phi) is 9.31. The number of hydrogen-bond donors (Lipinski definition) is 0. The number of esters is 2. The summed E-state index contributed by atoms with van der Waals surface area (Å²) >= 11 is 0. The van der Waals surface area contributed by atoms with Crippen LogP contribution in [0.3, 0.4) is 0 Å². The zero-order valence-corrected chi connectivity index (χ0v) is 14.5. The van der Waals surface area contributed by atoms with Crippen molar-refractivity contribution in [2.45, 2.75) is 67.2 Å². The van der Waals surface area contributed by atoms with Crippen LogP contribution < -0.4 is 0 Å². The van der Waals surface area contributed by atoms with Gasteiger partial charge in [0, 0.05) is 0 Å². The molecule has 4 nitrogen and oxygen atoms in total. The lowest BCUT2D eigenvalue weighted by Crippen LogP contribution is -2.42. The summed E-state index contributed by atoms with van der Waals surface area (Å²) in [6.07, 6.45) is 2.45. The Labute approximate surface area is 129 Å². The SMILES string of the molecule is CCCC(CCC)(C(=O)OCC(C)C)C(=O)OCC(C)C. The molecule has 0 aromatic carbocycles. The average Bonchev–Trinajstić information content (AvgIpc) is 2.41. The number of hydrogen-bond acceptors (Lipinski definition) is 4. The van der Waals surface area contributed by atoms with Gasteiger partial charge in [-0.05, 0) is 24.7 Å². The van der Waals surface area contributed by atoms with E-state index in [1.54, 1.807) is 0 Å². The first kappa shape index (κ1) is 19.9. The summed E-state index contributed by atoms with van der Waals surface area (Å²) in [7, 11) is 0. The summed E-state index contributed by atoms with van der Waals surface area (Å²) in [6.45, 7) is 12.5. The molecule has 0 saturated heterocycles. The van der Waals surface area contributed by atoms with E-state index < -0.39 is 17.4 Å². The quantitative estimate of drug-likeness (QED) is 0.452. The van der Waals surface area contributed by atoms with Crippen LogP contribution in [0, 0.1) is 17.3 Å². The lowest BCUT2D eigenvalue weighted by atomic mass is 9.79. The van der Waals surface area contributed by atoms with E-state index in [9.17, 15) is 9.59 Å². The van der Waals surface area contributed by atoms with Crippen LogP contribution in [-0.2, 0) is 19.1 Å². The number of rotatable bonds is 10. The highest BCUT2D eigenvalue weighted by Gasteiger charge is 2.47. The molecule has 0 aromatic heterocycles. The molecule has 0 aromatic rings. The van der Waals surface area contributed by atoms with Crippen LogP contribution in [-0.4, -0.2) is 25.2 Å². The fraction of sp³-hybridized carbons (Fsp3) is 0.882. The molecule has 0 aliphatic carbocycles. The van der Waals surface area contributed by atoms with Crippen molar-refractivity contribution in [2.75, 3.05) is 13.2 Å². The Morgan fingerprint density at radius 1 is 0.810 bits per heavy atom. The highest BCUT2D eigenvalue weighted by molar-refractivity contribution is 6.00. The molecule has 0 rings (SSSR count). The van der Waals surface area contributed by atoms with Gasteiger partial charge in [-0.3, -0.25) is 9.59 Å². The van der Waals surface area contributed by atoms with Crippen molar-refractivity contribution in [1.82, 2.24) is 0 Å². The maximum atomic E-state index is 12.5. The summed E-state index contributed by atoms with van der Waals surface area (Å²) < 4.78 is 10.7. The molecule has 4 heteroatoms. The Morgan fingerprint density at radius 2 is 1.14 bits per heavy atom. The third-order valence-corrected chi connectivity index (χ3v) is 3.23. The molecule has 0 aliphatic rings. The van der Waals surface area contributed by atoms with Crippen LogP contribution in [0.5, 0.6) is 0 Å². The molecule has 124 valence electrons. The summed E-state index contributed by atoms with van der Waals surface area (Å²) in [5.74, 6) is -0.342. The second-order valence-corrected chi connectivity index (χ2v) is 6.57. The molecule has 21 heavy (non-hydrogen) atoms. The van der Waals surface area contributed by atoms with Gasteiger partial charge in [0.15, 0.2) is 5.41 Å². The van der Waals surface area contributed by atoms with Gasteiger partial charge in [0.05, 0.1) is 13.2 Å². The predicted octanol–water partition coefficient (Wildman–Crippen LogP) is 3.97. The molecule has 0 spiro atoms. The molecule has 0 aliphatic heterocycles. The van der Waals surface area contributed by atoms with Crippen LogP contribution in [0.1, 0.15) is 67.2 Å². The fourth-order valence-corrected chi connectivity index (χ4v) is 2.23. The molecule has 0 unspecified atom stereocenters. The van der Waals surface area contributed by atoms with Crippen LogP contribution in [0.25, 0.3) is 0 Å². The fourth-order valence-electron chi connectivity index (χ4n) is 2.23. The Morgan fingerprint density at radius 3 is 1.38 bits per heavy atom. The molecular formula is C17H32O4. The van der Waals surface area contributed by atoms with Crippen molar-refractivity contribution in [3.05, 3.63) is 0 Å². The lowest BCUT2D eigenvalue weighted by Gasteiger charge is -2.29. The number of ether oxygens (including phenoxy) is 2. The van der Waals surface area contributed by atoms with E-state index in [2.05, 4.69) is 0 Å². The Balaban J connectivity index is 5.11. The molecule has 0 saturated carbocycles. The van der Waals surface area contributed by atoms with E-state index in [0.29, 0.717) is 26.1 Å². The lowest BCUT2D eigenvalue weighted by molar-refractivity contribution is -0.175. The van der Waals surface area contributed by atoms with Gasteiger partial charge in [-0.15, -0.1) is 0 Å². The molecule has 0 fully saturated rings. The van der Waals surface area contributed by atoms with Crippen LogP contribution in [0.2, 0.25) is 0 Å². The van der Waals surface area contributed by atoms with Gasteiger partial charge in [-0.2, -0.15) is 0 Å². The van der Waals surface area contributed by atoms with Gasteiger partial charge in [0.2, 0.25) is 0 Å². The maximum Gasteiger partial charge on any atom is 0.323 e. The highest BCUT2D eigenvalue weighted by Crippen LogP contribution is 2.33. The van der Waals surface area contributed by atoms with Crippen molar-refractivity contribution in [3.63, 3.8) is 0 Å².